The predicted octanol–water partition coefficient (Wildman–Crippen LogP) is 3.45. The van der Waals surface area contributed by atoms with E-state index >= 15 is 0 Å². The maximum absolute atomic E-state index is 8.60. The van der Waals surface area contributed by atoms with Gasteiger partial charge in [-0.15, -0.1) is 6.58 Å². The summed E-state index contributed by atoms with van der Waals surface area (Å²) in [6, 6.07) is 0. The van der Waals surface area contributed by atoms with E-state index in [2.05, 4.69) is 13.5 Å². The summed E-state index contributed by atoms with van der Waals surface area (Å²) in [5, 5.41) is 7.09. The molecule has 3 heteroatoms. The molecule has 2 atom stereocenters. The zero-order valence-corrected chi connectivity index (χ0v) is 9.02. The molecule has 0 saturated heterocycles. The minimum absolute atomic E-state index is 0.231. The van der Waals surface area contributed by atoms with Gasteiger partial charge in [-0.2, -0.15) is 0 Å². The number of hydrogen-bond acceptors (Lipinski definition) is 3. The molecule has 0 aromatic rings. The van der Waals surface area contributed by atoms with Crippen LogP contribution in [0.5, 0.6) is 0 Å². The molecule has 0 rings (SSSR count). The fourth-order valence-electron chi connectivity index (χ4n) is 1.18. The van der Waals surface area contributed by atoms with E-state index in [-0.39, 0.29) is 5.92 Å². The second-order valence-corrected chi connectivity index (χ2v) is 3.99. The van der Waals surface area contributed by atoms with Crippen LogP contribution in [-0.4, -0.2) is 16.5 Å². The molecular formula is C10H19NOS. The lowest BCUT2D eigenvalue weighted by Gasteiger charge is -2.10. The van der Waals surface area contributed by atoms with E-state index in [1.165, 1.54) is 6.21 Å². The molecule has 0 aromatic carbocycles. The molecule has 0 saturated carbocycles. The van der Waals surface area contributed by atoms with Crippen LogP contribution in [0.15, 0.2) is 12.7 Å². The average Bonchev–Trinajstić information content (AvgIpc) is 2.13. The van der Waals surface area contributed by atoms with Gasteiger partial charge in [-0.1, -0.05) is 19.4 Å². The van der Waals surface area contributed by atoms with E-state index in [0.29, 0.717) is 5.92 Å². The Kier molecular flexibility index (Phi) is 8.14. The molecule has 0 aliphatic rings. The summed E-state index contributed by atoms with van der Waals surface area (Å²) in [6.45, 7) is 5.81. The highest BCUT2D eigenvalue weighted by Gasteiger charge is 2.04. The van der Waals surface area contributed by atoms with Gasteiger partial charge in [0.2, 0.25) is 0 Å². The van der Waals surface area contributed by atoms with Gasteiger partial charge >= 0.3 is 0 Å². The van der Waals surface area contributed by atoms with E-state index in [4.69, 9.17) is 9.96 Å². The highest BCUT2D eigenvalue weighted by atomic mass is 32.2. The van der Waals surface area contributed by atoms with Crippen LogP contribution in [0.3, 0.4) is 0 Å². The van der Waals surface area contributed by atoms with Gasteiger partial charge in [-0.25, -0.2) is 0 Å². The Morgan fingerprint density at radius 1 is 1.54 bits per heavy atom. The van der Waals surface area contributed by atoms with Crippen LogP contribution in [0.25, 0.3) is 0 Å². The fraction of sp³-hybridized carbons (Fsp3) is 0.700. The molecule has 0 spiro atoms. The van der Waals surface area contributed by atoms with Gasteiger partial charge in [-0.05, 0) is 30.8 Å². The Hall–Kier alpha value is -0.280. The Bertz CT molecular complexity index is 142. The number of hydrogen-bond donors (Lipinski definition) is 2. The van der Waals surface area contributed by atoms with Crippen LogP contribution in [0, 0.1) is 17.2 Å². The molecule has 2 nitrogen and oxygen atoms in total. The molecule has 0 radical (unpaired) electrons. The Morgan fingerprint density at radius 3 is 2.69 bits per heavy atom. The number of rotatable bonds is 8. The molecule has 0 fully saturated rings. The zero-order valence-electron chi connectivity index (χ0n) is 8.20. The Balaban J connectivity index is 3.42. The van der Waals surface area contributed by atoms with Gasteiger partial charge in [0, 0.05) is 17.9 Å². The zero-order chi connectivity index (χ0) is 10.1. The van der Waals surface area contributed by atoms with Crippen LogP contribution >= 0.6 is 12.0 Å². The maximum Gasteiger partial charge on any atom is 0.0221 e. The number of allylic oxidation sites excluding steroid dienone is 1. The van der Waals surface area contributed by atoms with Gasteiger partial charge in [0.15, 0.2) is 0 Å². The Labute approximate surface area is 85.1 Å². The maximum atomic E-state index is 8.60. The van der Waals surface area contributed by atoms with Crippen molar-refractivity contribution < 1.29 is 4.55 Å². The van der Waals surface area contributed by atoms with Crippen molar-refractivity contribution in [2.75, 3.05) is 5.75 Å². The summed E-state index contributed by atoms with van der Waals surface area (Å²) >= 11 is 0.915. The van der Waals surface area contributed by atoms with E-state index in [9.17, 15) is 0 Å². The first-order valence-corrected chi connectivity index (χ1v) is 5.58. The first-order chi connectivity index (χ1) is 6.24. The SMILES string of the molecule is C=CC(C=N)CCCC(C)CSO. The fourth-order valence-corrected chi connectivity index (χ4v) is 1.60. The van der Waals surface area contributed by atoms with Crippen molar-refractivity contribution in [3.8, 4) is 0 Å². The van der Waals surface area contributed by atoms with Crippen LogP contribution in [0.4, 0.5) is 0 Å². The molecule has 0 aliphatic carbocycles. The monoisotopic (exact) mass is 201 g/mol. The van der Waals surface area contributed by atoms with E-state index in [1.807, 2.05) is 6.08 Å². The predicted molar refractivity (Wildman–Crippen MR) is 60.6 cm³/mol. The van der Waals surface area contributed by atoms with Gasteiger partial charge in [0.25, 0.3) is 0 Å². The van der Waals surface area contributed by atoms with Crippen LogP contribution in [0.2, 0.25) is 0 Å². The van der Waals surface area contributed by atoms with E-state index in [1.54, 1.807) is 0 Å². The molecule has 0 bridgehead atoms. The third kappa shape index (κ3) is 6.84. The highest BCUT2D eigenvalue weighted by Crippen LogP contribution is 2.15. The molecule has 76 valence electrons. The van der Waals surface area contributed by atoms with Crippen molar-refractivity contribution in [1.82, 2.24) is 0 Å². The van der Waals surface area contributed by atoms with Gasteiger partial charge in [0.1, 0.15) is 0 Å². The normalized spacial score (nSPS) is 14.9. The van der Waals surface area contributed by atoms with E-state index < -0.39 is 0 Å². The summed E-state index contributed by atoms with van der Waals surface area (Å²) in [5.74, 6) is 1.60. The van der Waals surface area contributed by atoms with Crippen molar-refractivity contribution in [2.24, 2.45) is 11.8 Å². The molecule has 0 aromatic heterocycles. The first kappa shape index (κ1) is 12.7. The Morgan fingerprint density at radius 2 is 2.23 bits per heavy atom. The lowest BCUT2D eigenvalue weighted by atomic mass is 9.99. The van der Waals surface area contributed by atoms with E-state index in [0.717, 1.165) is 37.1 Å². The topological polar surface area (TPSA) is 44.1 Å². The molecular weight excluding hydrogens is 182 g/mol. The van der Waals surface area contributed by atoms with Gasteiger partial charge in [0.05, 0.1) is 0 Å². The number of nitrogens with one attached hydrogen (secondary N) is 1. The summed E-state index contributed by atoms with van der Waals surface area (Å²) in [7, 11) is 0. The minimum Gasteiger partial charge on any atom is -0.330 e. The average molecular weight is 201 g/mol. The third-order valence-electron chi connectivity index (χ3n) is 2.11. The molecule has 0 heterocycles. The van der Waals surface area contributed by atoms with Crippen molar-refractivity contribution in [3.63, 3.8) is 0 Å². The van der Waals surface area contributed by atoms with Gasteiger partial charge < -0.3 is 9.96 Å². The van der Waals surface area contributed by atoms with Crippen LogP contribution in [0.1, 0.15) is 26.2 Å². The summed E-state index contributed by atoms with van der Waals surface area (Å²) in [5.41, 5.74) is 0. The molecule has 0 amide bonds. The molecule has 13 heavy (non-hydrogen) atoms. The van der Waals surface area contributed by atoms with Crippen molar-refractivity contribution in [2.45, 2.75) is 26.2 Å². The summed E-state index contributed by atoms with van der Waals surface area (Å²) < 4.78 is 8.60. The summed E-state index contributed by atoms with van der Waals surface area (Å²) in [4.78, 5) is 0. The van der Waals surface area contributed by atoms with Crippen LogP contribution < -0.4 is 0 Å². The molecule has 2 N–H and O–H groups in total. The second-order valence-electron chi connectivity index (χ2n) is 3.40. The van der Waals surface area contributed by atoms with Crippen molar-refractivity contribution >= 4 is 18.3 Å². The third-order valence-corrected chi connectivity index (χ3v) is 2.83. The van der Waals surface area contributed by atoms with Gasteiger partial charge in [-0.3, -0.25) is 0 Å². The summed E-state index contributed by atoms with van der Waals surface area (Å²) in [6.07, 6.45) is 6.49. The van der Waals surface area contributed by atoms with Crippen molar-refractivity contribution in [1.29, 1.82) is 5.41 Å². The van der Waals surface area contributed by atoms with Crippen molar-refractivity contribution in [3.05, 3.63) is 12.7 Å². The second kappa shape index (κ2) is 8.32. The highest BCUT2D eigenvalue weighted by molar-refractivity contribution is 7.93. The smallest absolute Gasteiger partial charge is 0.0221 e. The molecule has 0 aliphatic heterocycles. The largest absolute Gasteiger partial charge is 0.330 e. The quantitative estimate of drug-likeness (QED) is 0.359. The first-order valence-electron chi connectivity index (χ1n) is 4.64. The minimum atomic E-state index is 0.231. The lowest BCUT2D eigenvalue weighted by molar-refractivity contribution is 0.524. The molecule has 2 unspecified atom stereocenters. The van der Waals surface area contributed by atoms with Crippen LogP contribution in [-0.2, 0) is 0 Å². The standard InChI is InChI=1S/C10H19NOS/c1-3-10(7-11)6-4-5-9(2)8-13-12/h3,7,9-12H,1,4-6,8H2,2H3. The lowest BCUT2D eigenvalue weighted by Crippen LogP contribution is -2.01.